The molecule has 0 aromatic carbocycles. The predicted molar refractivity (Wildman–Crippen MR) is 56.6 cm³/mol. The third kappa shape index (κ3) is 2.84. The zero-order valence-corrected chi connectivity index (χ0v) is 9.09. The average molecular weight is 182 g/mol. The summed E-state index contributed by atoms with van der Waals surface area (Å²) in [6.07, 6.45) is 6.77. The molecular formula is C12H22O. The number of hydrogen-bond acceptors (Lipinski definition) is 1. The minimum absolute atomic E-state index is 0.199. The summed E-state index contributed by atoms with van der Waals surface area (Å²) < 4.78 is 0. The number of aliphatic hydroxyl groups is 1. The van der Waals surface area contributed by atoms with Crippen LogP contribution in [0.2, 0.25) is 0 Å². The molecule has 1 aliphatic rings. The molecule has 1 aliphatic carbocycles. The molecule has 0 aromatic rings. The first-order valence-corrected chi connectivity index (χ1v) is 5.52. The normalized spacial score (nSPS) is 34.5. The smallest absolute Gasteiger partial charge is 0.0751 e. The molecule has 1 nitrogen and oxygen atoms in total. The van der Waals surface area contributed by atoms with E-state index >= 15 is 0 Å². The minimum atomic E-state index is -0.199. The van der Waals surface area contributed by atoms with Gasteiger partial charge in [-0.25, -0.2) is 0 Å². The Morgan fingerprint density at radius 3 is 2.69 bits per heavy atom. The highest BCUT2D eigenvalue weighted by atomic mass is 16.3. The van der Waals surface area contributed by atoms with Crippen LogP contribution in [0.3, 0.4) is 0 Å². The molecule has 0 radical (unpaired) electrons. The number of allylic oxidation sites excluding steroid dienone is 1. The van der Waals surface area contributed by atoms with Gasteiger partial charge in [0, 0.05) is 0 Å². The second kappa shape index (κ2) is 4.80. The van der Waals surface area contributed by atoms with Crippen molar-refractivity contribution in [2.45, 2.75) is 52.6 Å². The number of rotatable bonds is 3. The lowest BCUT2D eigenvalue weighted by atomic mass is 9.79. The van der Waals surface area contributed by atoms with Gasteiger partial charge < -0.3 is 5.11 Å². The Hall–Kier alpha value is -0.300. The lowest BCUT2D eigenvalue weighted by Gasteiger charge is -2.30. The van der Waals surface area contributed by atoms with Crippen molar-refractivity contribution in [3.63, 3.8) is 0 Å². The van der Waals surface area contributed by atoms with E-state index < -0.39 is 0 Å². The molecule has 0 bridgehead atoms. The average Bonchev–Trinajstić information content (AvgIpc) is 2.10. The molecule has 13 heavy (non-hydrogen) atoms. The molecule has 0 saturated carbocycles. The topological polar surface area (TPSA) is 20.2 Å². The molecule has 3 atom stereocenters. The Balaban J connectivity index is 2.51. The third-order valence-corrected chi connectivity index (χ3v) is 3.28. The molecule has 0 heterocycles. The van der Waals surface area contributed by atoms with E-state index in [4.69, 9.17) is 0 Å². The van der Waals surface area contributed by atoms with Crippen molar-refractivity contribution >= 4 is 0 Å². The molecule has 1 N–H and O–H groups in total. The highest BCUT2D eigenvalue weighted by Gasteiger charge is 2.24. The fraction of sp³-hybridized carbons (Fsp3) is 0.833. The van der Waals surface area contributed by atoms with Crippen molar-refractivity contribution in [2.75, 3.05) is 0 Å². The first kappa shape index (κ1) is 10.8. The van der Waals surface area contributed by atoms with E-state index in [9.17, 15) is 5.11 Å². The maximum absolute atomic E-state index is 9.74. The van der Waals surface area contributed by atoms with Crippen molar-refractivity contribution in [3.05, 3.63) is 11.6 Å². The Morgan fingerprint density at radius 1 is 1.46 bits per heavy atom. The summed E-state index contributed by atoms with van der Waals surface area (Å²) in [5.41, 5.74) is 1.47. The molecule has 0 aliphatic heterocycles. The highest BCUT2D eigenvalue weighted by molar-refractivity contribution is 5.11. The van der Waals surface area contributed by atoms with E-state index in [-0.39, 0.29) is 6.10 Å². The van der Waals surface area contributed by atoms with Crippen LogP contribution < -0.4 is 0 Å². The van der Waals surface area contributed by atoms with Gasteiger partial charge in [0.05, 0.1) is 6.10 Å². The van der Waals surface area contributed by atoms with Crippen LogP contribution in [0.25, 0.3) is 0 Å². The van der Waals surface area contributed by atoms with Crippen molar-refractivity contribution in [1.29, 1.82) is 0 Å². The lowest BCUT2D eigenvalue weighted by Crippen LogP contribution is -2.26. The van der Waals surface area contributed by atoms with E-state index in [0.29, 0.717) is 11.8 Å². The summed E-state index contributed by atoms with van der Waals surface area (Å²) in [6.45, 7) is 6.60. The minimum Gasteiger partial charge on any atom is -0.389 e. The largest absolute Gasteiger partial charge is 0.389 e. The van der Waals surface area contributed by atoms with Crippen molar-refractivity contribution in [3.8, 4) is 0 Å². The molecular weight excluding hydrogens is 160 g/mol. The second-order valence-corrected chi connectivity index (χ2v) is 4.46. The molecule has 0 amide bonds. The van der Waals surface area contributed by atoms with Crippen LogP contribution in [0.4, 0.5) is 0 Å². The summed E-state index contributed by atoms with van der Waals surface area (Å²) in [5.74, 6) is 1.08. The lowest BCUT2D eigenvalue weighted by molar-refractivity contribution is 0.116. The van der Waals surface area contributed by atoms with E-state index in [0.717, 1.165) is 0 Å². The zero-order valence-electron chi connectivity index (χ0n) is 9.09. The fourth-order valence-corrected chi connectivity index (χ4v) is 1.99. The third-order valence-electron chi connectivity index (χ3n) is 3.28. The van der Waals surface area contributed by atoms with Gasteiger partial charge in [0.25, 0.3) is 0 Å². The van der Waals surface area contributed by atoms with Crippen LogP contribution in [-0.4, -0.2) is 11.2 Å². The first-order valence-electron chi connectivity index (χ1n) is 5.52. The summed E-state index contributed by atoms with van der Waals surface area (Å²) in [6, 6.07) is 0. The summed E-state index contributed by atoms with van der Waals surface area (Å²) in [7, 11) is 0. The molecule has 0 saturated heterocycles. The van der Waals surface area contributed by atoms with Crippen LogP contribution in [0.15, 0.2) is 11.6 Å². The van der Waals surface area contributed by atoms with Crippen LogP contribution >= 0.6 is 0 Å². The van der Waals surface area contributed by atoms with E-state index in [2.05, 4.69) is 26.8 Å². The molecule has 0 aromatic heterocycles. The van der Waals surface area contributed by atoms with Crippen LogP contribution in [0, 0.1) is 11.8 Å². The number of hydrogen-bond donors (Lipinski definition) is 1. The van der Waals surface area contributed by atoms with E-state index in [1.165, 1.54) is 31.3 Å². The summed E-state index contributed by atoms with van der Waals surface area (Å²) >= 11 is 0. The SMILES string of the molecule is CCCCC1=CC(O)C(C)C(C)C1. The van der Waals surface area contributed by atoms with Gasteiger partial charge in [0.15, 0.2) is 0 Å². The van der Waals surface area contributed by atoms with Crippen LogP contribution in [-0.2, 0) is 0 Å². The molecule has 0 spiro atoms. The van der Waals surface area contributed by atoms with E-state index in [1.54, 1.807) is 0 Å². The maximum Gasteiger partial charge on any atom is 0.0751 e. The van der Waals surface area contributed by atoms with E-state index in [1.807, 2.05) is 0 Å². The Morgan fingerprint density at radius 2 is 2.15 bits per heavy atom. The van der Waals surface area contributed by atoms with Gasteiger partial charge in [-0.1, -0.05) is 38.8 Å². The van der Waals surface area contributed by atoms with Crippen LogP contribution in [0.1, 0.15) is 46.5 Å². The van der Waals surface area contributed by atoms with Gasteiger partial charge in [-0.05, 0) is 31.1 Å². The van der Waals surface area contributed by atoms with Gasteiger partial charge in [0.2, 0.25) is 0 Å². The standard InChI is InChI=1S/C12H22O/c1-4-5-6-11-7-9(2)10(3)12(13)8-11/h8-10,12-13H,4-7H2,1-3H3. The summed E-state index contributed by atoms with van der Waals surface area (Å²) in [5, 5.41) is 9.74. The van der Waals surface area contributed by atoms with Gasteiger partial charge in [-0.3, -0.25) is 0 Å². The molecule has 76 valence electrons. The summed E-state index contributed by atoms with van der Waals surface area (Å²) in [4.78, 5) is 0. The molecule has 1 rings (SSSR count). The Kier molecular flexibility index (Phi) is 3.98. The second-order valence-electron chi connectivity index (χ2n) is 4.46. The molecule has 0 fully saturated rings. The van der Waals surface area contributed by atoms with Crippen molar-refractivity contribution in [2.24, 2.45) is 11.8 Å². The van der Waals surface area contributed by atoms with Gasteiger partial charge >= 0.3 is 0 Å². The predicted octanol–water partition coefficient (Wildman–Crippen LogP) is 3.14. The zero-order chi connectivity index (χ0) is 9.84. The van der Waals surface area contributed by atoms with Gasteiger partial charge in [-0.2, -0.15) is 0 Å². The quantitative estimate of drug-likeness (QED) is 0.665. The highest BCUT2D eigenvalue weighted by Crippen LogP contribution is 2.31. The first-order chi connectivity index (χ1) is 6.15. The van der Waals surface area contributed by atoms with Crippen LogP contribution in [0.5, 0.6) is 0 Å². The van der Waals surface area contributed by atoms with Crippen molar-refractivity contribution in [1.82, 2.24) is 0 Å². The van der Waals surface area contributed by atoms with Crippen molar-refractivity contribution < 1.29 is 5.11 Å². The van der Waals surface area contributed by atoms with Gasteiger partial charge in [-0.15, -0.1) is 0 Å². The molecule has 3 unspecified atom stereocenters. The maximum atomic E-state index is 9.74. The Bertz CT molecular complexity index is 184. The monoisotopic (exact) mass is 182 g/mol. The molecule has 1 heteroatoms. The number of aliphatic hydroxyl groups excluding tert-OH is 1. The fourth-order valence-electron chi connectivity index (χ4n) is 1.99. The van der Waals surface area contributed by atoms with Gasteiger partial charge in [0.1, 0.15) is 0 Å². The Labute approximate surface area is 81.9 Å². The number of unbranched alkanes of at least 4 members (excludes halogenated alkanes) is 1.